The molecule has 0 spiro atoms. The SMILES string of the molecule is COC(=O)C(C)C(NCc1nccn1CC(F)(F)F)c1ccccc1. The van der Waals surface area contributed by atoms with E-state index in [0.29, 0.717) is 0 Å². The number of hydrogen-bond acceptors (Lipinski definition) is 4. The smallest absolute Gasteiger partial charge is 0.406 e. The lowest BCUT2D eigenvalue weighted by atomic mass is 9.94. The van der Waals surface area contributed by atoms with Crippen LogP contribution in [0.2, 0.25) is 0 Å². The molecule has 0 aliphatic rings. The molecule has 0 radical (unpaired) electrons. The molecule has 136 valence electrons. The van der Waals surface area contributed by atoms with Crippen molar-refractivity contribution in [3.05, 3.63) is 54.1 Å². The normalized spacial score (nSPS) is 14.1. The van der Waals surface area contributed by atoms with Crippen LogP contribution >= 0.6 is 0 Å². The fourth-order valence-corrected chi connectivity index (χ4v) is 2.61. The number of benzene rings is 1. The minimum absolute atomic E-state index is 0.0873. The summed E-state index contributed by atoms with van der Waals surface area (Å²) in [6.45, 7) is 0.690. The Labute approximate surface area is 143 Å². The van der Waals surface area contributed by atoms with Crippen molar-refractivity contribution in [3.63, 3.8) is 0 Å². The van der Waals surface area contributed by atoms with Crippen molar-refractivity contribution >= 4 is 5.97 Å². The molecule has 8 heteroatoms. The number of carbonyl (C=O) groups is 1. The Hall–Kier alpha value is -2.35. The van der Waals surface area contributed by atoms with E-state index in [9.17, 15) is 18.0 Å². The van der Waals surface area contributed by atoms with Crippen molar-refractivity contribution in [3.8, 4) is 0 Å². The number of aromatic nitrogens is 2. The van der Waals surface area contributed by atoms with E-state index in [4.69, 9.17) is 4.74 Å². The number of carbonyl (C=O) groups excluding carboxylic acids is 1. The number of rotatable bonds is 7. The lowest BCUT2D eigenvalue weighted by Gasteiger charge is -2.24. The number of nitrogens with zero attached hydrogens (tertiary/aromatic N) is 2. The Balaban J connectivity index is 2.16. The standard InChI is InChI=1S/C17H20F3N3O2/c1-12(16(24)25-2)15(13-6-4-3-5-7-13)22-10-14-21-8-9-23(14)11-17(18,19)20/h3-9,12,15,22H,10-11H2,1-2H3. The number of methoxy groups -OCH3 is 1. The highest BCUT2D eigenvalue weighted by molar-refractivity contribution is 5.73. The van der Waals surface area contributed by atoms with Gasteiger partial charge in [-0.1, -0.05) is 37.3 Å². The first-order valence-corrected chi connectivity index (χ1v) is 7.74. The van der Waals surface area contributed by atoms with Crippen molar-refractivity contribution in [2.45, 2.75) is 32.2 Å². The maximum atomic E-state index is 12.6. The predicted octanol–water partition coefficient (Wildman–Crippen LogP) is 3.09. The number of imidazole rings is 1. The van der Waals surface area contributed by atoms with E-state index in [0.717, 1.165) is 10.1 Å². The van der Waals surface area contributed by atoms with E-state index in [1.54, 1.807) is 6.92 Å². The van der Waals surface area contributed by atoms with Gasteiger partial charge in [-0.15, -0.1) is 0 Å². The van der Waals surface area contributed by atoms with Gasteiger partial charge in [0.2, 0.25) is 0 Å². The Morgan fingerprint density at radius 1 is 1.32 bits per heavy atom. The van der Waals surface area contributed by atoms with Gasteiger partial charge < -0.3 is 14.6 Å². The van der Waals surface area contributed by atoms with E-state index in [-0.39, 0.29) is 12.4 Å². The Morgan fingerprint density at radius 2 is 2.00 bits per heavy atom. The van der Waals surface area contributed by atoms with Gasteiger partial charge in [-0.2, -0.15) is 13.2 Å². The minimum atomic E-state index is -4.33. The molecule has 0 aliphatic carbocycles. The van der Waals surface area contributed by atoms with Crippen LogP contribution in [0, 0.1) is 5.92 Å². The molecule has 2 atom stereocenters. The zero-order chi connectivity index (χ0) is 18.4. The zero-order valence-corrected chi connectivity index (χ0v) is 14.0. The average Bonchev–Trinajstić information content (AvgIpc) is 3.00. The molecular formula is C17H20F3N3O2. The van der Waals surface area contributed by atoms with E-state index < -0.39 is 30.7 Å². The first-order valence-electron chi connectivity index (χ1n) is 7.74. The number of nitrogens with one attached hydrogen (secondary N) is 1. The molecule has 2 unspecified atom stereocenters. The van der Waals surface area contributed by atoms with Gasteiger partial charge in [-0.05, 0) is 5.56 Å². The highest BCUT2D eigenvalue weighted by Gasteiger charge is 2.30. The van der Waals surface area contributed by atoms with Crippen molar-refractivity contribution in [2.24, 2.45) is 5.92 Å². The third kappa shape index (κ3) is 5.32. The molecular weight excluding hydrogens is 335 g/mol. The summed E-state index contributed by atoms with van der Waals surface area (Å²) in [5, 5.41) is 3.13. The number of halogens is 3. The lowest BCUT2D eigenvalue weighted by molar-refractivity contribution is -0.146. The largest absolute Gasteiger partial charge is 0.469 e. The van der Waals surface area contributed by atoms with Crippen molar-refractivity contribution in [1.82, 2.24) is 14.9 Å². The van der Waals surface area contributed by atoms with Crippen LogP contribution in [0.3, 0.4) is 0 Å². The van der Waals surface area contributed by atoms with Crippen LogP contribution in [0.5, 0.6) is 0 Å². The second-order valence-electron chi connectivity index (χ2n) is 5.67. The fraction of sp³-hybridized carbons (Fsp3) is 0.412. The summed E-state index contributed by atoms with van der Waals surface area (Å²) in [4.78, 5) is 15.9. The van der Waals surface area contributed by atoms with Gasteiger partial charge in [-0.25, -0.2) is 4.98 Å². The highest BCUT2D eigenvalue weighted by atomic mass is 19.4. The zero-order valence-electron chi connectivity index (χ0n) is 14.0. The number of esters is 1. The molecule has 1 heterocycles. The summed E-state index contributed by atoms with van der Waals surface area (Å²) in [6.07, 6.45) is -1.72. The number of ether oxygens (including phenoxy) is 1. The molecule has 0 aliphatic heterocycles. The predicted molar refractivity (Wildman–Crippen MR) is 85.5 cm³/mol. The molecule has 1 N–H and O–H groups in total. The highest BCUT2D eigenvalue weighted by Crippen LogP contribution is 2.24. The summed E-state index contributed by atoms with van der Waals surface area (Å²) in [5.74, 6) is -0.672. The average molecular weight is 355 g/mol. The molecule has 0 saturated heterocycles. The maximum absolute atomic E-state index is 12.6. The summed E-state index contributed by atoms with van der Waals surface area (Å²) >= 11 is 0. The molecule has 0 amide bonds. The third-order valence-corrected chi connectivity index (χ3v) is 3.86. The molecule has 0 fully saturated rings. The molecule has 2 rings (SSSR count). The van der Waals surface area contributed by atoms with Crippen molar-refractivity contribution in [1.29, 1.82) is 0 Å². The van der Waals surface area contributed by atoms with Crippen LogP contribution in [-0.4, -0.2) is 28.8 Å². The molecule has 25 heavy (non-hydrogen) atoms. The quantitative estimate of drug-likeness (QED) is 0.776. The molecule has 1 aromatic carbocycles. The van der Waals surface area contributed by atoms with Crippen LogP contribution in [0.4, 0.5) is 13.2 Å². The first-order chi connectivity index (χ1) is 11.8. The molecule has 1 aromatic heterocycles. The maximum Gasteiger partial charge on any atom is 0.406 e. The first kappa shape index (κ1) is 19.0. The van der Waals surface area contributed by atoms with Crippen LogP contribution < -0.4 is 5.32 Å². The van der Waals surface area contributed by atoms with Gasteiger partial charge in [0, 0.05) is 18.4 Å². The van der Waals surface area contributed by atoms with E-state index in [2.05, 4.69) is 10.3 Å². The van der Waals surface area contributed by atoms with Gasteiger partial charge in [0.15, 0.2) is 0 Å². The molecule has 0 saturated carbocycles. The Kier molecular flexibility index (Phi) is 6.19. The monoisotopic (exact) mass is 355 g/mol. The molecule has 2 aromatic rings. The lowest BCUT2D eigenvalue weighted by Crippen LogP contribution is -2.33. The van der Waals surface area contributed by atoms with Crippen LogP contribution in [0.1, 0.15) is 24.4 Å². The summed E-state index contributed by atoms with van der Waals surface area (Å²) < 4.78 is 43.7. The summed E-state index contributed by atoms with van der Waals surface area (Å²) in [5.41, 5.74) is 0.842. The summed E-state index contributed by atoms with van der Waals surface area (Å²) in [6, 6.07) is 8.79. The topological polar surface area (TPSA) is 56.1 Å². The Bertz CT molecular complexity index is 686. The van der Waals surface area contributed by atoms with Gasteiger partial charge in [-0.3, -0.25) is 4.79 Å². The van der Waals surface area contributed by atoms with Crippen LogP contribution in [0.15, 0.2) is 42.7 Å². The minimum Gasteiger partial charge on any atom is -0.469 e. The second-order valence-corrected chi connectivity index (χ2v) is 5.67. The van der Waals surface area contributed by atoms with Gasteiger partial charge in [0.05, 0.1) is 19.6 Å². The summed E-state index contributed by atoms with van der Waals surface area (Å²) in [7, 11) is 1.30. The number of alkyl halides is 3. The third-order valence-electron chi connectivity index (χ3n) is 3.86. The van der Waals surface area contributed by atoms with Crippen molar-refractivity contribution in [2.75, 3.05) is 7.11 Å². The van der Waals surface area contributed by atoms with Gasteiger partial charge >= 0.3 is 12.1 Å². The van der Waals surface area contributed by atoms with Crippen molar-refractivity contribution < 1.29 is 22.7 Å². The van der Waals surface area contributed by atoms with Gasteiger partial charge in [0.25, 0.3) is 0 Å². The Morgan fingerprint density at radius 3 is 2.60 bits per heavy atom. The molecule has 0 bridgehead atoms. The van der Waals surface area contributed by atoms with Gasteiger partial charge in [0.1, 0.15) is 12.4 Å². The van der Waals surface area contributed by atoms with E-state index >= 15 is 0 Å². The van der Waals surface area contributed by atoms with Crippen LogP contribution in [-0.2, 0) is 22.6 Å². The van der Waals surface area contributed by atoms with Crippen LogP contribution in [0.25, 0.3) is 0 Å². The van der Waals surface area contributed by atoms with E-state index in [1.165, 1.54) is 19.5 Å². The molecule has 5 nitrogen and oxygen atoms in total. The number of hydrogen-bond donors (Lipinski definition) is 1. The van der Waals surface area contributed by atoms with E-state index in [1.807, 2.05) is 30.3 Å². The second kappa shape index (κ2) is 8.15. The fourth-order valence-electron chi connectivity index (χ4n) is 2.61.